The van der Waals surface area contributed by atoms with Gasteiger partial charge in [0.25, 0.3) is 0 Å². The van der Waals surface area contributed by atoms with E-state index >= 15 is 0 Å². The molecule has 1 fully saturated rings. The molecule has 0 aliphatic carbocycles. The number of nitrogens with one attached hydrogen (secondary N) is 2. The Bertz CT molecular complexity index is 1270. The second kappa shape index (κ2) is 9.95. The molecule has 2 N–H and O–H groups in total. The number of piperidine rings is 1. The molecule has 1 saturated heterocycles. The van der Waals surface area contributed by atoms with Gasteiger partial charge in [0.1, 0.15) is 17.9 Å². The number of carbonyl (C=O) groups is 1. The number of para-hydroxylation sites is 1. The lowest BCUT2D eigenvalue weighted by Crippen LogP contribution is -2.43. The van der Waals surface area contributed by atoms with Crippen LogP contribution in [0.3, 0.4) is 0 Å². The van der Waals surface area contributed by atoms with Gasteiger partial charge in [0, 0.05) is 48.4 Å². The maximum Gasteiger partial charge on any atom is 0.224 e. The first-order chi connectivity index (χ1) is 16.7. The number of fused-ring (bicyclic) bond motifs is 1. The van der Waals surface area contributed by atoms with E-state index in [0.29, 0.717) is 13.1 Å². The average Bonchev–Trinajstić information content (AvgIpc) is 3.32. The van der Waals surface area contributed by atoms with Gasteiger partial charge in [-0.25, -0.2) is 9.97 Å². The Balaban J connectivity index is 1.20. The van der Waals surface area contributed by atoms with Gasteiger partial charge >= 0.3 is 0 Å². The predicted molar refractivity (Wildman–Crippen MR) is 134 cm³/mol. The van der Waals surface area contributed by atoms with E-state index < -0.39 is 0 Å². The third-order valence-electron chi connectivity index (χ3n) is 6.52. The van der Waals surface area contributed by atoms with Gasteiger partial charge in [0.15, 0.2) is 0 Å². The highest BCUT2D eigenvalue weighted by molar-refractivity contribution is 5.83. The summed E-state index contributed by atoms with van der Waals surface area (Å²) in [7, 11) is 1.66. The molecule has 2 aromatic heterocycles. The SMILES string of the molecule is COc1ccc(-c2cc(N3CCCC(C(=O)NCCc4c[nH]c5ccccc45)C3)ncn2)cc1. The van der Waals surface area contributed by atoms with Gasteiger partial charge in [-0.3, -0.25) is 4.79 Å². The predicted octanol–water partition coefficient (Wildman–Crippen LogP) is 4.21. The summed E-state index contributed by atoms with van der Waals surface area (Å²) in [5, 5.41) is 4.37. The second-order valence-electron chi connectivity index (χ2n) is 8.68. The summed E-state index contributed by atoms with van der Waals surface area (Å²) in [4.78, 5) is 27.4. The first kappa shape index (κ1) is 21.9. The van der Waals surface area contributed by atoms with Crippen LogP contribution in [0.4, 0.5) is 5.82 Å². The zero-order valence-corrected chi connectivity index (χ0v) is 19.3. The van der Waals surface area contributed by atoms with Gasteiger partial charge in [-0.15, -0.1) is 0 Å². The standard InChI is InChI=1S/C27H29N5O2/c1-34-22-10-8-19(9-11-22)25-15-26(31-18-30-25)32-14-4-5-21(17-32)27(33)28-13-12-20-16-29-24-7-3-2-6-23(20)24/h2-3,6-11,15-16,18,21,29H,4-5,12-14,17H2,1H3,(H,28,33). The van der Waals surface area contributed by atoms with Crippen molar-refractivity contribution < 1.29 is 9.53 Å². The van der Waals surface area contributed by atoms with E-state index in [9.17, 15) is 4.79 Å². The van der Waals surface area contributed by atoms with E-state index in [-0.39, 0.29) is 11.8 Å². The molecule has 1 unspecified atom stereocenters. The number of rotatable bonds is 7. The first-order valence-electron chi connectivity index (χ1n) is 11.8. The topological polar surface area (TPSA) is 83.1 Å². The summed E-state index contributed by atoms with van der Waals surface area (Å²) in [6, 6.07) is 18.1. The molecule has 0 spiro atoms. The lowest BCUT2D eigenvalue weighted by molar-refractivity contribution is -0.125. The van der Waals surface area contributed by atoms with Crippen molar-refractivity contribution in [3.8, 4) is 17.0 Å². The Kier molecular flexibility index (Phi) is 6.42. The number of anilines is 1. The Labute approximate surface area is 199 Å². The zero-order chi connectivity index (χ0) is 23.3. The minimum Gasteiger partial charge on any atom is -0.497 e. The normalized spacial score (nSPS) is 15.9. The lowest BCUT2D eigenvalue weighted by Gasteiger charge is -2.33. The molecule has 7 nitrogen and oxygen atoms in total. The van der Waals surface area contributed by atoms with E-state index in [1.807, 2.05) is 48.7 Å². The molecule has 1 aliphatic rings. The molecule has 34 heavy (non-hydrogen) atoms. The third kappa shape index (κ3) is 4.73. The van der Waals surface area contributed by atoms with Crippen molar-refractivity contribution in [3.63, 3.8) is 0 Å². The zero-order valence-electron chi connectivity index (χ0n) is 19.3. The molecule has 1 amide bonds. The molecule has 2 aromatic carbocycles. The number of carbonyl (C=O) groups excluding carboxylic acids is 1. The van der Waals surface area contributed by atoms with Crippen LogP contribution in [0.2, 0.25) is 0 Å². The summed E-state index contributed by atoms with van der Waals surface area (Å²) < 4.78 is 5.25. The fraction of sp³-hybridized carbons (Fsp3) is 0.296. The highest BCUT2D eigenvalue weighted by Crippen LogP contribution is 2.26. The maximum atomic E-state index is 12.9. The number of methoxy groups -OCH3 is 1. The summed E-state index contributed by atoms with van der Waals surface area (Å²) in [6.07, 6.45) is 6.30. The molecule has 0 radical (unpaired) electrons. The molecule has 174 valence electrons. The number of hydrogen-bond donors (Lipinski definition) is 2. The Morgan fingerprint density at radius 3 is 2.88 bits per heavy atom. The van der Waals surface area contributed by atoms with Crippen LogP contribution in [-0.4, -0.2) is 47.6 Å². The molecule has 1 atom stereocenters. The molecule has 5 rings (SSSR count). The number of aromatic nitrogens is 3. The van der Waals surface area contributed by atoms with E-state index in [1.54, 1.807) is 13.4 Å². The fourth-order valence-corrected chi connectivity index (χ4v) is 4.64. The number of H-pyrrole nitrogens is 1. The van der Waals surface area contributed by atoms with Crippen molar-refractivity contribution in [2.24, 2.45) is 5.92 Å². The molecular formula is C27H29N5O2. The van der Waals surface area contributed by atoms with Crippen LogP contribution in [-0.2, 0) is 11.2 Å². The summed E-state index contributed by atoms with van der Waals surface area (Å²) >= 11 is 0. The first-order valence-corrected chi connectivity index (χ1v) is 11.8. The average molecular weight is 456 g/mol. The van der Waals surface area contributed by atoms with Crippen molar-refractivity contribution in [2.45, 2.75) is 19.3 Å². The summed E-state index contributed by atoms with van der Waals surface area (Å²) in [5.74, 6) is 1.75. The Hall–Kier alpha value is -3.87. The van der Waals surface area contributed by atoms with Crippen LogP contribution in [0.5, 0.6) is 5.75 Å². The molecule has 3 heterocycles. The fourth-order valence-electron chi connectivity index (χ4n) is 4.64. The monoisotopic (exact) mass is 455 g/mol. The van der Waals surface area contributed by atoms with E-state index in [1.165, 1.54) is 10.9 Å². The number of amides is 1. The van der Waals surface area contributed by atoms with Gasteiger partial charge in [-0.1, -0.05) is 18.2 Å². The van der Waals surface area contributed by atoms with Gasteiger partial charge in [-0.2, -0.15) is 0 Å². The van der Waals surface area contributed by atoms with E-state index in [2.05, 4.69) is 37.3 Å². The quantitative estimate of drug-likeness (QED) is 0.436. The highest BCUT2D eigenvalue weighted by atomic mass is 16.5. The van der Waals surface area contributed by atoms with Crippen LogP contribution in [0.25, 0.3) is 22.2 Å². The van der Waals surface area contributed by atoms with Crippen LogP contribution in [0.15, 0.2) is 67.1 Å². The van der Waals surface area contributed by atoms with Crippen LogP contribution in [0.1, 0.15) is 18.4 Å². The minimum atomic E-state index is -0.0453. The Morgan fingerprint density at radius 2 is 2.03 bits per heavy atom. The number of nitrogens with zero attached hydrogens (tertiary/aromatic N) is 3. The lowest BCUT2D eigenvalue weighted by atomic mass is 9.97. The number of ether oxygens (including phenoxy) is 1. The van der Waals surface area contributed by atoms with Gasteiger partial charge in [0.2, 0.25) is 5.91 Å². The van der Waals surface area contributed by atoms with E-state index in [4.69, 9.17) is 4.74 Å². The van der Waals surface area contributed by atoms with Gasteiger partial charge < -0.3 is 19.9 Å². The highest BCUT2D eigenvalue weighted by Gasteiger charge is 2.26. The van der Waals surface area contributed by atoms with Gasteiger partial charge in [0.05, 0.1) is 18.7 Å². The van der Waals surface area contributed by atoms with Crippen molar-refractivity contribution in [3.05, 3.63) is 72.7 Å². The largest absolute Gasteiger partial charge is 0.497 e. The molecule has 4 aromatic rings. The van der Waals surface area contributed by atoms with Crippen molar-refractivity contribution >= 4 is 22.6 Å². The van der Waals surface area contributed by atoms with Crippen LogP contribution >= 0.6 is 0 Å². The van der Waals surface area contributed by atoms with Crippen molar-refractivity contribution in [1.82, 2.24) is 20.3 Å². The minimum absolute atomic E-state index is 0.0453. The number of benzene rings is 2. The number of hydrogen-bond acceptors (Lipinski definition) is 5. The van der Waals surface area contributed by atoms with Crippen LogP contribution in [0, 0.1) is 5.92 Å². The molecule has 0 saturated carbocycles. The van der Waals surface area contributed by atoms with Gasteiger partial charge in [-0.05, 0) is 55.2 Å². The number of aromatic amines is 1. The molecule has 0 bridgehead atoms. The van der Waals surface area contributed by atoms with E-state index in [0.717, 1.165) is 54.1 Å². The molecule has 1 aliphatic heterocycles. The third-order valence-corrected chi connectivity index (χ3v) is 6.52. The smallest absolute Gasteiger partial charge is 0.224 e. The summed E-state index contributed by atoms with van der Waals surface area (Å²) in [6.45, 7) is 2.18. The second-order valence-corrected chi connectivity index (χ2v) is 8.68. The maximum absolute atomic E-state index is 12.9. The molecular weight excluding hydrogens is 426 g/mol. The van der Waals surface area contributed by atoms with Crippen molar-refractivity contribution in [1.29, 1.82) is 0 Å². The van der Waals surface area contributed by atoms with Crippen molar-refractivity contribution in [2.75, 3.05) is 31.6 Å². The summed E-state index contributed by atoms with van der Waals surface area (Å²) in [5.41, 5.74) is 4.23. The molecule has 7 heteroatoms. The Morgan fingerprint density at radius 1 is 1.18 bits per heavy atom. The van der Waals surface area contributed by atoms with Crippen LogP contribution < -0.4 is 15.0 Å².